The predicted molar refractivity (Wildman–Crippen MR) is 229 cm³/mol. The van der Waals surface area contributed by atoms with Gasteiger partial charge in [0.05, 0.1) is 13.2 Å². The van der Waals surface area contributed by atoms with Crippen LogP contribution in [0.15, 0.2) is 0 Å². The highest BCUT2D eigenvalue weighted by Crippen LogP contribution is 2.17. The summed E-state index contributed by atoms with van der Waals surface area (Å²) in [7, 11) is 0. The quantitative estimate of drug-likeness (QED) is 0.0458. The smallest absolute Gasteiger partial charge is 0.305 e. The Morgan fingerprint density at radius 1 is 0.358 bits per heavy atom. The van der Waals surface area contributed by atoms with Crippen LogP contribution in [0.4, 0.5) is 0 Å². The lowest BCUT2D eigenvalue weighted by atomic mass is 10.0. The van der Waals surface area contributed by atoms with E-state index >= 15 is 0 Å². The summed E-state index contributed by atoms with van der Waals surface area (Å²) in [5.74, 6) is 1.11. The van der Waals surface area contributed by atoms with E-state index in [2.05, 4.69) is 27.7 Å². The number of unbranched alkanes of at least 4 members (excludes halogenated alkanes) is 26. The van der Waals surface area contributed by atoms with Gasteiger partial charge in [0.25, 0.3) is 0 Å². The zero-order chi connectivity index (χ0) is 38.7. The van der Waals surface area contributed by atoms with Crippen molar-refractivity contribution in [3.05, 3.63) is 0 Å². The molecule has 0 aromatic heterocycles. The Morgan fingerprint density at radius 3 is 0.887 bits per heavy atom. The average molecular weight is 751 g/mol. The van der Waals surface area contributed by atoms with Gasteiger partial charge >= 0.3 is 11.9 Å². The molecule has 0 aliphatic rings. The van der Waals surface area contributed by atoms with E-state index in [1.54, 1.807) is 0 Å². The van der Waals surface area contributed by atoms with Gasteiger partial charge in [0.15, 0.2) is 0 Å². The average Bonchev–Trinajstić information content (AvgIpc) is 3.17. The van der Waals surface area contributed by atoms with Gasteiger partial charge in [-0.25, -0.2) is 0 Å². The Bertz CT molecular complexity index is 679. The van der Waals surface area contributed by atoms with Crippen molar-refractivity contribution in [1.29, 1.82) is 0 Å². The van der Waals surface area contributed by atoms with Crippen molar-refractivity contribution in [2.24, 2.45) is 11.8 Å². The maximum absolute atomic E-state index is 12.0. The molecule has 0 aromatic carbocycles. The first-order valence-electron chi connectivity index (χ1n) is 24.0. The second kappa shape index (κ2) is 43.6. The van der Waals surface area contributed by atoms with E-state index in [-0.39, 0.29) is 11.9 Å². The minimum atomic E-state index is 0.0109. The largest absolute Gasteiger partial charge is 0.465 e. The minimum Gasteiger partial charge on any atom is -0.465 e. The van der Waals surface area contributed by atoms with Crippen LogP contribution in [0.5, 0.6) is 0 Å². The Morgan fingerprint density at radius 2 is 0.623 bits per heavy atom. The summed E-state index contributed by atoms with van der Waals surface area (Å²) in [5, 5.41) is 0. The van der Waals surface area contributed by atoms with Gasteiger partial charge in [0, 0.05) is 26.1 Å². The van der Waals surface area contributed by atoms with Gasteiger partial charge in [-0.3, -0.25) is 9.59 Å². The van der Waals surface area contributed by atoms with E-state index in [1.165, 1.54) is 180 Å². The summed E-state index contributed by atoms with van der Waals surface area (Å²) in [5.41, 5.74) is 0. The lowest BCUT2D eigenvalue weighted by molar-refractivity contribution is -0.146. The Kier molecular flexibility index (Phi) is 42.7. The molecule has 2 atom stereocenters. The zero-order valence-electron chi connectivity index (χ0n) is 36.5. The van der Waals surface area contributed by atoms with E-state index in [0.717, 1.165) is 51.7 Å². The van der Waals surface area contributed by atoms with Crippen molar-refractivity contribution in [3.8, 4) is 0 Å². The number of rotatable bonds is 44. The minimum absolute atomic E-state index is 0.0109. The molecular weight excluding hydrogens is 657 g/mol. The highest BCUT2D eigenvalue weighted by Gasteiger charge is 2.11. The molecule has 53 heavy (non-hydrogen) atoms. The van der Waals surface area contributed by atoms with Crippen LogP contribution in [-0.2, 0) is 23.8 Å². The van der Waals surface area contributed by atoms with Crippen LogP contribution >= 0.6 is 0 Å². The molecule has 0 amide bonds. The molecule has 5 heteroatoms. The maximum atomic E-state index is 12.0. The lowest BCUT2D eigenvalue weighted by Crippen LogP contribution is -2.13. The topological polar surface area (TPSA) is 61.8 Å². The van der Waals surface area contributed by atoms with E-state index in [0.29, 0.717) is 37.9 Å². The molecular formula is C48H94O5. The first-order chi connectivity index (χ1) is 26.1. The Balaban J connectivity index is 3.23. The molecule has 0 heterocycles. The molecule has 0 fully saturated rings. The van der Waals surface area contributed by atoms with Crippen LogP contribution in [0, 0.1) is 11.8 Å². The highest BCUT2D eigenvalue weighted by molar-refractivity contribution is 5.69. The van der Waals surface area contributed by atoms with Gasteiger partial charge in [-0.2, -0.15) is 0 Å². The van der Waals surface area contributed by atoms with Gasteiger partial charge < -0.3 is 14.2 Å². The zero-order valence-corrected chi connectivity index (χ0v) is 36.5. The molecule has 2 unspecified atom stereocenters. The summed E-state index contributed by atoms with van der Waals surface area (Å²) in [6, 6.07) is 0. The molecule has 0 saturated carbocycles. The standard InChI is InChI=1S/C48H94O5/c1-5-9-37-45(7-3)43-52-47(49)39-33-29-25-21-17-13-11-15-19-23-27-31-35-41-51-42-36-32-28-24-20-16-12-14-18-22-26-30-34-40-48(50)53-44-46(8-4)38-10-6-2/h45-46H,5-44H2,1-4H3. The van der Waals surface area contributed by atoms with Crippen LogP contribution in [0.3, 0.4) is 0 Å². The van der Waals surface area contributed by atoms with Crippen molar-refractivity contribution >= 4 is 11.9 Å². The molecule has 0 aromatic rings. The van der Waals surface area contributed by atoms with Gasteiger partial charge in [0.2, 0.25) is 0 Å². The SMILES string of the molecule is CCCCC(CC)COC(=O)CCCCCCCCCCCCCCCOCCCCCCCCCCCCCCCC(=O)OCC(CC)CCCC. The molecule has 5 nitrogen and oxygen atoms in total. The normalized spacial score (nSPS) is 12.6. The van der Waals surface area contributed by atoms with Crippen molar-refractivity contribution in [2.45, 2.75) is 259 Å². The number of carbonyl (C=O) groups is 2. The fourth-order valence-corrected chi connectivity index (χ4v) is 7.30. The molecule has 0 aliphatic carbocycles. The van der Waals surface area contributed by atoms with Crippen LogP contribution in [0.2, 0.25) is 0 Å². The van der Waals surface area contributed by atoms with E-state index in [1.807, 2.05) is 0 Å². The third-order valence-electron chi connectivity index (χ3n) is 11.4. The van der Waals surface area contributed by atoms with Gasteiger partial charge in [0.1, 0.15) is 0 Å². The van der Waals surface area contributed by atoms with Crippen LogP contribution in [0.25, 0.3) is 0 Å². The fourth-order valence-electron chi connectivity index (χ4n) is 7.30. The lowest BCUT2D eigenvalue weighted by Gasteiger charge is -2.14. The molecule has 0 N–H and O–H groups in total. The van der Waals surface area contributed by atoms with Crippen molar-refractivity contribution < 1.29 is 23.8 Å². The first kappa shape index (κ1) is 51.9. The van der Waals surface area contributed by atoms with Crippen LogP contribution in [-0.4, -0.2) is 38.4 Å². The number of ether oxygens (including phenoxy) is 3. The summed E-state index contributed by atoms with van der Waals surface area (Å²) in [6.07, 6.45) is 44.5. The first-order valence-corrected chi connectivity index (χ1v) is 24.0. The predicted octanol–water partition coefficient (Wildman–Crippen LogP) is 15.4. The fraction of sp³-hybridized carbons (Fsp3) is 0.958. The number of hydrogen-bond donors (Lipinski definition) is 0. The number of hydrogen-bond acceptors (Lipinski definition) is 5. The highest BCUT2D eigenvalue weighted by atomic mass is 16.5. The van der Waals surface area contributed by atoms with Crippen molar-refractivity contribution in [1.82, 2.24) is 0 Å². The third-order valence-corrected chi connectivity index (χ3v) is 11.4. The molecule has 0 spiro atoms. The maximum Gasteiger partial charge on any atom is 0.305 e. The van der Waals surface area contributed by atoms with Crippen LogP contribution in [0.1, 0.15) is 259 Å². The molecule has 0 radical (unpaired) electrons. The van der Waals surface area contributed by atoms with Crippen LogP contribution < -0.4 is 0 Å². The van der Waals surface area contributed by atoms with E-state index < -0.39 is 0 Å². The Labute approximate surface area is 332 Å². The third kappa shape index (κ3) is 40.4. The van der Waals surface area contributed by atoms with Gasteiger partial charge in [-0.05, 0) is 50.4 Å². The summed E-state index contributed by atoms with van der Waals surface area (Å²) in [4.78, 5) is 24.0. The van der Waals surface area contributed by atoms with Crippen molar-refractivity contribution in [3.63, 3.8) is 0 Å². The molecule has 0 bridgehead atoms. The summed E-state index contributed by atoms with van der Waals surface area (Å²) < 4.78 is 16.9. The summed E-state index contributed by atoms with van der Waals surface area (Å²) in [6.45, 7) is 12.0. The van der Waals surface area contributed by atoms with Crippen molar-refractivity contribution in [2.75, 3.05) is 26.4 Å². The van der Waals surface area contributed by atoms with E-state index in [9.17, 15) is 9.59 Å². The molecule has 0 aliphatic heterocycles. The second-order valence-corrected chi connectivity index (χ2v) is 16.5. The summed E-state index contributed by atoms with van der Waals surface area (Å²) >= 11 is 0. The monoisotopic (exact) mass is 751 g/mol. The number of carbonyl (C=O) groups excluding carboxylic acids is 2. The van der Waals surface area contributed by atoms with Gasteiger partial charge in [-0.15, -0.1) is 0 Å². The Hall–Kier alpha value is -1.10. The van der Waals surface area contributed by atoms with E-state index in [4.69, 9.17) is 14.2 Å². The second-order valence-electron chi connectivity index (χ2n) is 16.5. The molecule has 0 rings (SSSR count). The van der Waals surface area contributed by atoms with Gasteiger partial charge in [-0.1, -0.05) is 207 Å². The molecule has 316 valence electrons. The number of esters is 2. The molecule has 0 saturated heterocycles.